The molecule has 1 aliphatic heterocycles. The van der Waals surface area contributed by atoms with Gasteiger partial charge in [-0.05, 0) is 12.3 Å². The van der Waals surface area contributed by atoms with Gasteiger partial charge in [-0.2, -0.15) is 15.0 Å². The van der Waals surface area contributed by atoms with Gasteiger partial charge in [0, 0.05) is 20.6 Å². The molecule has 1 fully saturated rings. The number of sulfone groups is 1. The molecule has 0 aliphatic carbocycles. The van der Waals surface area contributed by atoms with Crippen LogP contribution in [0.1, 0.15) is 6.42 Å². The maximum atomic E-state index is 11.4. The van der Waals surface area contributed by atoms with E-state index in [0.29, 0.717) is 24.9 Å². The van der Waals surface area contributed by atoms with Crippen molar-refractivity contribution in [3.8, 4) is 0 Å². The summed E-state index contributed by atoms with van der Waals surface area (Å²) in [7, 11) is 0.760. The molecule has 3 N–H and O–H groups in total. The summed E-state index contributed by atoms with van der Waals surface area (Å²) in [5.74, 6) is 1.57. The fourth-order valence-electron chi connectivity index (χ4n) is 1.93. The molecule has 1 aromatic rings. The second-order valence-corrected chi connectivity index (χ2v) is 7.09. The number of hydrogen-bond donors (Lipinski definition) is 2. The molecule has 9 heteroatoms. The van der Waals surface area contributed by atoms with Crippen molar-refractivity contribution < 1.29 is 8.42 Å². The van der Waals surface area contributed by atoms with Gasteiger partial charge in [0.1, 0.15) is 0 Å². The van der Waals surface area contributed by atoms with Crippen molar-refractivity contribution in [2.45, 2.75) is 6.42 Å². The maximum absolute atomic E-state index is 11.4. The smallest absolute Gasteiger partial charge is 0.231 e. The minimum absolute atomic E-state index is 0.103. The van der Waals surface area contributed by atoms with E-state index in [-0.39, 0.29) is 23.4 Å². The SMILES string of the molecule is CN(C)c1nc(N)nc(NCC2CCS(=O)(=O)C2)n1. The van der Waals surface area contributed by atoms with Crippen LogP contribution in [-0.4, -0.2) is 55.5 Å². The Morgan fingerprint density at radius 3 is 2.68 bits per heavy atom. The molecule has 1 atom stereocenters. The Morgan fingerprint density at radius 1 is 1.37 bits per heavy atom. The molecule has 2 rings (SSSR count). The normalized spacial score (nSPS) is 21.3. The van der Waals surface area contributed by atoms with Crippen LogP contribution in [0.25, 0.3) is 0 Å². The average molecular weight is 286 g/mol. The highest BCUT2D eigenvalue weighted by molar-refractivity contribution is 7.91. The Morgan fingerprint density at radius 2 is 2.11 bits per heavy atom. The summed E-state index contributed by atoms with van der Waals surface area (Å²) in [6.07, 6.45) is 0.677. The first-order valence-electron chi connectivity index (χ1n) is 5.99. The van der Waals surface area contributed by atoms with E-state index >= 15 is 0 Å². The van der Waals surface area contributed by atoms with E-state index in [4.69, 9.17) is 5.73 Å². The molecular weight excluding hydrogens is 268 g/mol. The molecule has 0 spiro atoms. The molecule has 106 valence electrons. The third-order valence-electron chi connectivity index (χ3n) is 2.92. The fraction of sp³-hybridized carbons (Fsp3) is 0.700. The molecule has 8 nitrogen and oxygen atoms in total. The van der Waals surface area contributed by atoms with E-state index in [2.05, 4.69) is 20.3 Å². The maximum Gasteiger partial charge on any atom is 0.231 e. The highest BCUT2D eigenvalue weighted by Gasteiger charge is 2.27. The van der Waals surface area contributed by atoms with Crippen molar-refractivity contribution in [3.05, 3.63) is 0 Å². The van der Waals surface area contributed by atoms with Gasteiger partial charge in [0.05, 0.1) is 11.5 Å². The molecule has 1 aromatic heterocycles. The lowest BCUT2D eigenvalue weighted by atomic mass is 10.1. The highest BCUT2D eigenvalue weighted by atomic mass is 32.2. The number of hydrogen-bond acceptors (Lipinski definition) is 8. The Hall–Kier alpha value is -1.64. The number of nitrogen functional groups attached to an aromatic ring is 1. The van der Waals surface area contributed by atoms with Gasteiger partial charge in [-0.15, -0.1) is 0 Å². The summed E-state index contributed by atoms with van der Waals surface area (Å²) in [6, 6.07) is 0. The van der Waals surface area contributed by atoms with Crippen LogP contribution in [-0.2, 0) is 9.84 Å². The van der Waals surface area contributed by atoms with Crippen molar-refractivity contribution >= 4 is 27.7 Å². The first kappa shape index (κ1) is 13.8. The number of nitrogens with zero attached hydrogens (tertiary/aromatic N) is 4. The Balaban J connectivity index is 2.00. The van der Waals surface area contributed by atoms with E-state index in [1.165, 1.54) is 0 Å². The van der Waals surface area contributed by atoms with Crippen molar-refractivity contribution in [1.29, 1.82) is 0 Å². The number of aromatic nitrogens is 3. The van der Waals surface area contributed by atoms with Gasteiger partial charge in [-0.1, -0.05) is 0 Å². The van der Waals surface area contributed by atoms with E-state index in [9.17, 15) is 8.42 Å². The minimum Gasteiger partial charge on any atom is -0.368 e. The number of rotatable bonds is 4. The van der Waals surface area contributed by atoms with E-state index in [0.717, 1.165) is 0 Å². The van der Waals surface area contributed by atoms with Crippen molar-refractivity contribution in [2.24, 2.45) is 5.92 Å². The first-order chi connectivity index (χ1) is 8.85. The zero-order valence-corrected chi connectivity index (χ0v) is 11.8. The van der Waals surface area contributed by atoms with E-state index in [1.807, 2.05) is 14.1 Å². The summed E-state index contributed by atoms with van der Waals surface area (Å²) < 4.78 is 22.7. The van der Waals surface area contributed by atoms with Crippen LogP contribution in [0.2, 0.25) is 0 Å². The molecule has 1 saturated heterocycles. The van der Waals surface area contributed by atoms with Gasteiger partial charge in [0.15, 0.2) is 9.84 Å². The summed E-state index contributed by atoms with van der Waals surface area (Å²) >= 11 is 0. The van der Waals surface area contributed by atoms with Gasteiger partial charge < -0.3 is 16.0 Å². The Kier molecular flexibility index (Phi) is 3.74. The number of nitrogens with two attached hydrogens (primary N) is 1. The zero-order valence-electron chi connectivity index (χ0n) is 11.0. The monoisotopic (exact) mass is 286 g/mol. The number of anilines is 3. The summed E-state index contributed by atoms with van der Waals surface area (Å²) in [6.45, 7) is 0.523. The molecule has 0 radical (unpaired) electrons. The van der Waals surface area contributed by atoms with Crippen molar-refractivity contribution in [1.82, 2.24) is 15.0 Å². The first-order valence-corrected chi connectivity index (χ1v) is 7.81. The van der Waals surface area contributed by atoms with Crippen LogP contribution in [0.3, 0.4) is 0 Å². The molecule has 1 aliphatic rings. The topological polar surface area (TPSA) is 114 Å². The van der Waals surface area contributed by atoms with Crippen LogP contribution in [0.15, 0.2) is 0 Å². The summed E-state index contributed by atoms with van der Waals surface area (Å²) in [4.78, 5) is 13.9. The van der Waals surface area contributed by atoms with Crippen LogP contribution in [0.5, 0.6) is 0 Å². The molecule has 0 bridgehead atoms. The molecule has 0 aromatic carbocycles. The standard InChI is InChI=1S/C10H18N6O2S/c1-16(2)10-14-8(11)13-9(15-10)12-5-7-3-4-19(17,18)6-7/h7H,3-6H2,1-2H3,(H3,11,12,13,14,15). The lowest BCUT2D eigenvalue weighted by Gasteiger charge is -2.13. The lowest BCUT2D eigenvalue weighted by Crippen LogP contribution is -2.20. The largest absolute Gasteiger partial charge is 0.368 e. The Labute approximate surface area is 112 Å². The third-order valence-corrected chi connectivity index (χ3v) is 4.75. The summed E-state index contributed by atoms with van der Waals surface area (Å²) in [5.41, 5.74) is 5.60. The van der Waals surface area contributed by atoms with Crippen molar-refractivity contribution in [2.75, 3.05) is 48.1 Å². The fourth-order valence-corrected chi connectivity index (χ4v) is 3.79. The molecule has 19 heavy (non-hydrogen) atoms. The molecule has 1 unspecified atom stereocenters. The van der Waals surface area contributed by atoms with E-state index < -0.39 is 9.84 Å². The van der Waals surface area contributed by atoms with Crippen molar-refractivity contribution in [3.63, 3.8) is 0 Å². The minimum atomic E-state index is -2.86. The highest BCUT2D eigenvalue weighted by Crippen LogP contribution is 2.19. The molecule has 2 heterocycles. The Bertz CT molecular complexity index is 559. The third kappa shape index (κ3) is 3.66. The predicted molar refractivity (Wildman–Crippen MR) is 73.8 cm³/mol. The van der Waals surface area contributed by atoms with Crippen LogP contribution in [0.4, 0.5) is 17.8 Å². The zero-order chi connectivity index (χ0) is 14.0. The van der Waals surface area contributed by atoms with Gasteiger partial charge in [0.25, 0.3) is 0 Å². The van der Waals surface area contributed by atoms with Gasteiger partial charge in [-0.3, -0.25) is 0 Å². The van der Waals surface area contributed by atoms with Gasteiger partial charge in [-0.25, -0.2) is 8.42 Å². The average Bonchev–Trinajstić information content (AvgIpc) is 2.65. The van der Waals surface area contributed by atoms with Crippen LogP contribution >= 0.6 is 0 Å². The van der Waals surface area contributed by atoms with E-state index in [1.54, 1.807) is 4.90 Å². The van der Waals surface area contributed by atoms with Gasteiger partial charge >= 0.3 is 0 Å². The van der Waals surface area contributed by atoms with Crippen LogP contribution in [0, 0.1) is 5.92 Å². The van der Waals surface area contributed by atoms with Gasteiger partial charge in [0.2, 0.25) is 17.8 Å². The molecule has 0 saturated carbocycles. The number of nitrogens with one attached hydrogen (secondary N) is 1. The second-order valence-electron chi connectivity index (χ2n) is 4.86. The molecule has 0 amide bonds. The summed E-state index contributed by atoms with van der Waals surface area (Å²) in [5, 5.41) is 3.03. The quantitative estimate of drug-likeness (QED) is 0.751. The van der Waals surface area contributed by atoms with Crippen LogP contribution < -0.4 is 16.0 Å². The lowest BCUT2D eigenvalue weighted by molar-refractivity contribution is 0.595. The predicted octanol–water partition coefficient (Wildman–Crippen LogP) is -0.634. The molecular formula is C10H18N6O2S. The second kappa shape index (κ2) is 5.16.